The van der Waals surface area contributed by atoms with E-state index in [-0.39, 0.29) is 0 Å². The lowest BCUT2D eigenvalue weighted by Crippen LogP contribution is -2.42. The molecular formula is C12H18FNO3S. The van der Waals surface area contributed by atoms with Crippen molar-refractivity contribution in [3.63, 3.8) is 0 Å². The number of rotatable bonds is 4. The summed E-state index contributed by atoms with van der Waals surface area (Å²) in [6, 6.07) is 3.00. The summed E-state index contributed by atoms with van der Waals surface area (Å²) in [5.74, 6) is -0.105. The van der Waals surface area contributed by atoms with Gasteiger partial charge in [0, 0.05) is 11.8 Å². The third-order valence-corrected chi connectivity index (χ3v) is 5.40. The maximum Gasteiger partial charge on any atom is 0.154 e. The van der Waals surface area contributed by atoms with E-state index in [1.54, 1.807) is 0 Å². The highest BCUT2D eigenvalue weighted by molar-refractivity contribution is 7.92. The third-order valence-electron chi connectivity index (χ3n) is 3.23. The summed E-state index contributed by atoms with van der Waals surface area (Å²) in [6.07, 6.45) is 1.11. The van der Waals surface area contributed by atoms with Gasteiger partial charge >= 0.3 is 0 Å². The monoisotopic (exact) mass is 275 g/mol. The molecule has 0 aliphatic heterocycles. The van der Waals surface area contributed by atoms with Gasteiger partial charge < -0.3 is 10.5 Å². The molecule has 0 aliphatic carbocycles. The van der Waals surface area contributed by atoms with Crippen molar-refractivity contribution in [2.75, 3.05) is 13.4 Å². The van der Waals surface area contributed by atoms with E-state index in [0.717, 1.165) is 6.26 Å². The molecule has 4 nitrogen and oxygen atoms in total. The van der Waals surface area contributed by atoms with Crippen LogP contribution in [0.2, 0.25) is 0 Å². The van der Waals surface area contributed by atoms with Gasteiger partial charge in [0.05, 0.1) is 17.9 Å². The second kappa shape index (κ2) is 4.85. The summed E-state index contributed by atoms with van der Waals surface area (Å²) in [5.41, 5.74) is 6.32. The number of methoxy groups -OCH3 is 1. The minimum atomic E-state index is -3.39. The van der Waals surface area contributed by atoms with E-state index in [1.807, 2.05) is 0 Å². The fourth-order valence-corrected chi connectivity index (χ4v) is 2.14. The predicted octanol–water partition coefficient (Wildman–Crippen LogP) is 1.66. The van der Waals surface area contributed by atoms with E-state index in [0.29, 0.717) is 11.3 Å². The van der Waals surface area contributed by atoms with Crippen molar-refractivity contribution in [2.45, 2.75) is 24.6 Å². The minimum absolute atomic E-state index is 0.341. The van der Waals surface area contributed by atoms with Crippen molar-refractivity contribution in [2.24, 2.45) is 5.73 Å². The van der Waals surface area contributed by atoms with E-state index in [2.05, 4.69) is 0 Å². The molecular weight excluding hydrogens is 257 g/mol. The predicted molar refractivity (Wildman–Crippen MR) is 68.8 cm³/mol. The Morgan fingerprint density at radius 2 is 1.94 bits per heavy atom. The molecule has 0 saturated heterocycles. The lowest BCUT2D eigenvalue weighted by atomic mass is 9.95. The molecule has 0 aliphatic rings. The second-order valence-corrected chi connectivity index (χ2v) is 7.34. The first-order chi connectivity index (χ1) is 8.11. The quantitative estimate of drug-likeness (QED) is 0.907. The van der Waals surface area contributed by atoms with E-state index in [9.17, 15) is 12.8 Å². The van der Waals surface area contributed by atoms with Crippen LogP contribution in [0.3, 0.4) is 0 Å². The summed E-state index contributed by atoms with van der Waals surface area (Å²) in [7, 11) is -1.96. The van der Waals surface area contributed by atoms with Crippen molar-refractivity contribution in [1.82, 2.24) is 0 Å². The van der Waals surface area contributed by atoms with Crippen LogP contribution < -0.4 is 10.5 Å². The van der Waals surface area contributed by atoms with Crippen LogP contribution in [0.1, 0.15) is 25.5 Å². The van der Waals surface area contributed by atoms with Crippen molar-refractivity contribution >= 4 is 9.84 Å². The molecule has 0 aromatic heterocycles. The standard InChI is InChI=1S/C12H18FNO3S/c1-12(2,18(4,15)16)11(14)9-7-8(13)5-6-10(9)17-3/h5-7,11H,14H2,1-4H3. The first kappa shape index (κ1) is 14.9. The zero-order chi connectivity index (χ0) is 14.1. The topological polar surface area (TPSA) is 69.4 Å². The van der Waals surface area contributed by atoms with Crippen LogP contribution in [0.25, 0.3) is 0 Å². The van der Waals surface area contributed by atoms with Crippen molar-refractivity contribution in [1.29, 1.82) is 0 Å². The van der Waals surface area contributed by atoms with E-state index >= 15 is 0 Å². The van der Waals surface area contributed by atoms with Crippen molar-refractivity contribution in [3.8, 4) is 5.75 Å². The molecule has 18 heavy (non-hydrogen) atoms. The second-order valence-electron chi connectivity index (χ2n) is 4.74. The Kier molecular flexibility index (Phi) is 4.02. The summed E-state index contributed by atoms with van der Waals surface area (Å²) >= 11 is 0. The first-order valence-corrected chi connectivity index (χ1v) is 7.29. The molecule has 1 rings (SSSR count). The van der Waals surface area contributed by atoms with E-state index in [4.69, 9.17) is 10.5 Å². The number of halogens is 1. The fraction of sp³-hybridized carbons (Fsp3) is 0.500. The van der Waals surface area contributed by atoms with Crippen LogP contribution in [0.4, 0.5) is 4.39 Å². The van der Waals surface area contributed by atoms with Crippen LogP contribution in [0.15, 0.2) is 18.2 Å². The molecule has 102 valence electrons. The summed E-state index contributed by atoms with van der Waals surface area (Å²) in [6.45, 7) is 3.02. The number of nitrogens with two attached hydrogens (primary N) is 1. The highest BCUT2D eigenvalue weighted by Gasteiger charge is 2.39. The Morgan fingerprint density at radius 3 is 2.39 bits per heavy atom. The van der Waals surface area contributed by atoms with Gasteiger partial charge in [-0.1, -0.05) is 0 Å². The van der Waals surface area contributed by atoms with Gasteiger partial charge in [0.25, 0.3) is 0 Å². The van der Waals surface area contributed by atoms with Gasteiger partial charge in [-0.2, -0.15) is 0 Å². The highest BCUT2D eigenvalue weighted by atomic mass is 32.2. The van der Waals surface area contributed by atoms with Gasteiger partial charge in [-0.25, -0.2) is 12.8 Å². The van der Waals surface area contributed by atoms with Gasteiger partial charge in [-0.15, -0.1) is 0 Å². The number of hydrogen-bond acceptors (Lipinski definition) is 4. The van der Waals surface area contributed by atoms with Crippen LogP contribution in [-0.2, 0) is 9.84 Å². The van der Waals surface area contributed by atoms with Crippen LogP contribution in [0, 0.1) is 5.82 Å². The summed E-state index contributed by atoms with van der Waals surface area (Å²) in [5, 5.41) is 0. The summed E-state index contributed by atoms with van der Waals surface area (Å²) in [4.78, 5) is 0. The van der Waals surface area contributed by atoms with Gasteiger partial charge in [0.1, 0.15) is 11.6 Å². The lowest BCUT2D eigenvalue weighted by Gasteiger charge is -2.30. The number of ether oxygens (including phenoxy) is 1. The average Bonchev–Trinajstić information content (AvgIpc) is 2.26. The van der Waals surface area contributed by atoms with Gasteiger partial charge in [0.2, 0.25) is 0 Å². The largest absolute Gasteiger partial charge is 0.496 e. The lowest BCUT2D eigenvalue weighted by molar-refractivity contribution is 0.396. The van der Waals surface area contributed by atoms with E-state index in [1.165, 1.54) is 39.2 Å². The zero-order valence-electron chi connectivity index (χ0n) is 10.9. The molecule has 0 heterocycles. The summed E-state index contributed by atoms with van der Waals surface area (Å²) < 4.78 is 40.6. The molecule has 0 saturated carbocycles. The van der Waals surface area contributed by atoms with Gasteiger partial charge in [0.15, 0.2) is 9.84 Å². The Bertz CT molecular complexity index is 540. The molecule has 1 aromatic rings. The molecule has 0 bridgehead atoms. The molecule has 1 atom stereocenters. The average molecular weight is 275 g/mol. The molecule has 6 heteroatoms. The molecule has 2 N–H and O–H groups in total. The van der Waals surface area contributed by atoms with Crippen molar-refractivity contribution < 1.29 is 17.5 Å². The Labute approximate surface area is 107 Å². The Hall–Kier alpha value is -1.14. The van der Waals surface area contributed by atoms with Gasteiger partial charge in [-0.05, 0) is 32.0 Å². The maximum atomic E-state index is 13.3. The zero-order valence-corrected chi connectivity index (χ0v) is 11.7. The Morgan fingerprint density at radius 1 is 1.39 bits per heavy atom. The smallest absolute Gasteiger partial charge is 0.154 e. The van der Waals surface area contributed by atoms with Crippen LogP contribution in [0.5, 0.6) is 5.75 Å². The van der Waals surface area contributed by atoms with Crippen LogP contribution >= 0.6 is 0 Å². The highest BCUT2D eigenvalue weighted by Crippen LogP contribution is 2.35. The van der Waals surface area contributed by atoms with Crippen molar-refractivity contribution in [3.05, 3.63) is 29.6 Å². The molecule has 1 aromatic carbocycles. The molecule has 0 spiro atoms. The SMILES string of the molecule is COc1ccc(F)cc1C(N)C(C)(C)S(C)(=O)=O. The number of benzene rings is 1. The van der Waals surface area contributed by atoms with Crippen LogP contribution in [-0.4, -0.2) is 26.5 Å². The molecule has 0 radical (unpaired) electrons. The number of hydrogen-bond donors (Lipinski definition) is 1. The third kappa shape index (κ3) is 2.64. The molecule has 0 amide bonds. The normalized spacial score (nSPS) is 14.3. The Balaban J connectivity index is 3.35. The first-order valence-electron chi connectivity index (χ1n) is 5.40. The fourth-order valence-electron chi connectivity index (χ4n) is 1.55. The van der Waals surface area contributed by atoms with Gasteiger partial charge in [-0.3, -0.25) is 0 Å². The minimum Gasteiger partial charge on any atom is -0.496 e. The molecule has 0 fully saturated rings. The number of sulfone groups is 1. The molecule has 1 unspecified atom stereocenters. The maximum absolute atomic E-state index is 13.3. The van der Waals surface area contributed by atoms with E-state index < -0.39 is 26.4 Å².